The number of allylic oxidation sites excluding steroid dienone is 1. The summed E-state index contributed by atoms with van der Waals surface area (Å²) in [5, 5.41) is 6.18. The van der Waals surface area contributed by atoms with Crippen LogP contribution < -0.4 is 15.4 Å². The molecule has 0 bridgehead atoms. The van der Waals surface area contributed by atoms with Gasteiger partial charge in [-0.2, -0.15) is 0 Å². The Balaban J connectivity index is 0.859. The van der Waals surface area contributed by atoms with Gasteiger partial charge in [0.2, 0.25) is 24.2 Å². The summed E-state index contributed by atoms with van der Waals surface area (Å²) < 4.78 is 57.1. The van der Waals surface area contributed by atoms with Gasteiger partial charge in [-0.1, -0.05) is 120 Å². The summed E-state index contributed by atoms with van der Waals surface area (Å²) in [6.07, 6.45) is 8.24. The Morgan fingerprint density at radius 1 is 0.659 bits per heavy atom. The lowest BCUT2D eigenvalue weighted by Crippen LogP contribution is -2.63. The van der Waals surface area contributed by atoms with Crippen molar-refractivity contribution in [2.45, 2.75) is 175 Å². The van der Waals surface area contributed by atoms with Gasteiger partial charge in [0.25, 0.3) is 0 Å². The van der Waals surface area contributed by atoms with E-state index in [-0.39, 0.29) is 84.3 Å². The van der Waals surface area contributed by atoms with Crippen LogP contribution in [0.25, 0.3) is 0 Å². The summed E-state index contributed by atoms with van der Waals surface area (Å²) in [5.41, 5.74) is 3.05. The second-order valence-electron chi connectivity index (χ2n) is 25.2. The van der Waals surface area contributed by atoms with Crippen molar-refractivity contribution in [3.63, 3.8) is 0 Å². The number of rotatable bonds is 25. The molecular weight excluding hydrogens is 1100 g/mol. The smallest absolute Gasteiger partial charge is 0.338 e. The van der Waals surface area contributed by atoms with E-state index < -0.39 is 56.2 Å². The molecule has 4 aromatic carbocycles. The van der Waals surface area contributed by atoms with Crippen molar-refractivity contribution in [3.8, 4) is 5.75 Å². The largest absolute Gasteiger partial charge is 0.461 e. The zero-order valence-electron chi connectivity index (χ0n) is 50.8. The van der Waals surface area contributed by atoms with Gasteiger partial charge < -0.3 is 43.4 Å². The fourth-order valence-electron chi connectivity index (χ4n) is 15.1. The van der Waals surface area contributed by atoms with Gasteiger partial charge in [0.1, 0.15) is 11.9 Å². The number of ether oxygens (including phenoxy) is 5. The van der Waals surface area contributed by atoms with E-state index in [2.05, 4.69) is 51.3 Å². The van der Waals surface area contributed by atoms with Crippen molar-refractivity contribution in [1.29, 1.82) is 0 Å². The number of anilines is 1. The molecule has 0 aromatic heterocycles. The molecule has 16 heteroatoms. The first-order valence-corrected chi connectivity index (χ1v) is 33.0. The van der Waals surface area contributed by atoms with Gasteiger partial charge >= 0.3 is 25.5 Å². The fraction of sp³-hybridized carbons (Fsp3) is 0.551. The second-order valence-corrected chi connectivity index (χ2v) is 27.4. The van der Waals surface area contributed by atoms with Crippen LogP contribution in [-0.2, 0) is 42.1 Å². The van der Waals surface area contributed by atoms with Crippen LogP contribution in [0, 0.1) is 46.3 Å². The molecule has 0 radical (unpaired) electrons. The molecule has 85 heavy (non-hydrogen) atoms. The molecule has 2 N–H and O–H groups in total. The predicted molar refractivity (Wildman–Crippen MR) is 326 cm³/mol. The normalized spacial score (nSPS) is 28.3. The molecule has 9 rings (SSSR count). The first kappa shape index (κ1) is 63.4. The Labute approximate surface area is 502 Å². The van der Waals surface area contributed by atoms with Crippen LogP contribution in [0.5, 0.6) is 5.75 Å². The zero-order valence-corrected chi connectivity index (χ0v) is 51.6. The van der Waals surface area contributed by atoms with Crippen LogP contribution in [0.3, 0.4) is 0 Å². The number of fused-ring (bicyclic) bond motifs is 5. The third-order valence-electron chi connectivity index (χ3n) is 19.3. The van der Waals surface area contributed by atoms with E-state index in [1.807, 2.05) is 0 Å². The average Bonchev–Trinajstić information content (AvgIpc) is 2.15. The molecule has 1 heterocycles. The van der Waals surface area contributed by atoms with Gasteiger partial charge in [-0.3, -0.25) is 14.2 Å². The molecule has 3 saturated carbocycles. The molecule has 4 fully saturated rings. The van der Waals surface area contributed by atoms with E-state index >= 15 is 0 Å². The van der Waals surface area contributed by atoms with Crippen LogP contribution in [-0.4, -0.2) is 85.8 Å². The van der Waals surface area contributed by atoms with Crippen molar-refractivity contribution in [2.75, 3.05) is 24.7 Å². The maximum atomic E-state index is 14.1. The van der Waals surface area contributed by atoms with Gasteiger partial charge in [0.05, 0.1) is 36.1 Å². The molecule has 15 nitrogen and oxygen atoms in total. The highest BCUT2D eigenvalue weighted by Gasteiger charge is 2.59. The number of benzene rings is 4. The standard InChI is InChI=1S/C69H89N2O13P/c1-8-78-85(77,79-9-2)43-40-58-61(82-64(74)47-22-13-10-14-23-47)62(83-65(75)48-24-15-11-16-25-48)63(84-66(76)49-26-17-12-18-27-49)67(81-58)80-53-31-29-51(30-32-53)70-59(72)36-37-60(73)71-52-38-41-68(6)50(44-52)28-33-54-56-35-34-55(46(5)21-19-20-45(3)4)69(56,7)42-39-57(54)68/h10-18,22-32,45-46,52,54-58,61-63,67H,8-9,19-21,33-44H2,1-7H3,(H,70,72)(H,71,73)/t46-,52+,54+,55-,56+,57+,58-,61-,62+,63+,67+,68+,69-/m1/s1. The first-order chi connectivity index (χ1) is 40.9. The topological polar surface area (TPSA) is 191 Å². The fourth-order valence-corrected chi connectivity index (χ4v) is 16.8. The van der Waals surface area contributed by atoms with Crippen LogP contribution in [0.15, 0.2) is 127 Å². The van der Waals surface area contributed by atoms with Crippen molar-refractivity contribution >= 4 is 43.0 Å². The number of amides is 2. The number of nitrogens with one attached hydrogen (secondary N) is 2. The third-order valence-corrected chi connectivity index (χ3v) is 21.4. The minimum absolute atomic E-state index is 0.0249. The molecule has 2 amide bonds. The molecule has 0 unspecified atom stereocenters. The summed E-state index contributed by atoms with van der Waals surface area (Å²) in [6, 6.07) is 30.9. The maximum absolute atomic E-state index is 14.1. The number of hydrogen-bond donors (Lipinski definition) is 2. The summed E-state index contributed by atoms with van der Waals surface area (Å²) in [5.74, 6) is 1.87. The minimum atomic E-state index is -3.74. The van der Waals surface area contributed by atoms with Gasteiger partial charge in [-0.05, 0) is 179 Å². The molecule has 0 spiro atoms. The Morgan fingerprint density at radius 3 is 1.82 bits per heavy atom. The Hall–Kier alpha value is -6.12. The SMILES string of the molecule is CCOP(=O)(CC[C@H]1O[C@H](Oc2ccc(NC(=O)CCC(=O)N[C@H]3CC[C@@]4(C)C(=CC[C@H]5[C@@H]6CC[C@H]([C@H](C)CCCC(C)C)[C@@]6(C)CC[C@@H]54)C3)cc2)[C@@H](OC(=O)c2ccccc2)[C@@H](OC(=O)c2ccccc2)[C@@H]1OC(=O)c1ccccc1)OCC. The number of carbonyl (C=O) groups is 5. The van der Waals surface area contributed by atoms with Crippen LogP contribution >= 0.6 is 7.60 Å². The van der Waals surface area contributed by atoms with Gasteiger partial charge in [-0.15, -0.1) is 0 Å². The van der Waals surface area contributed by atoms with Gasteiger partial charge in [0, 0.05) is 24.6 Å². The van der Waals surface area contributed by atoms with Gasteiger partial charge in [0.15, 0.2) is 12.2 Å². The predicted octanol–water partition coefficient (Wildman–Crippen LogP) is 14.4. The highest BCUT2D eigenvalue weighted by Crippen LogP contribution is 2.67. The summed E-state index contributed by atoms with van der Waals surface area (Å²) in [6.45, 7) is 15.9. The lowest BCUT2D eigenvalue weighted by Gasteiger charge is -2.58. The van der Waals surface area contributed by atoms with Crippen molar-refractivity contribution < 1.29 is 61.3 Å². The quantitative estimate of drug-likeness (QED) is 0.0276. The molecular formula is C69H89N2O13P. The molecule has 13 atom stereocenters. The number of esters is 3. The molecule has 4 aliphatic carbocycles. The Kier molecular flexibility index (Phi) is 21.3. The summed E-state index contributed by atoms with van der Waals surface area (Å²) in [4.78, 5) is 69.1. The second kappa shape index (κ2) is 28.6. The Morgan fingerprint density at radius 2 is 1.24 bits per heavy atom. The highest BCUT2D eigenvalue weighted by molar-refractivity contribution is 7.53. The molecule has 1 aliphatic heterocycles. The first-order valence-electron chi connectivity index (χ1n) is 31.3. The van der Waals surface area contributed by atoms with Crippen LogP contribution in [0.1, 0.15) is 169 Å². The van der Waals surface area contributed by atoms with Crippen molar-refractivity contribution in [3.05, 3.63) is 144 Å². The van der Waals surface area contributed by atoms with Gasteiger partial charge in [-0.25, -0.2) is 14.4 Å². The van der Waals surface area contributed by atoms with Crippen molar-refractivity contribution in [1.82, 2.24) is 5.32 Å². The van der Waals surface area contributed by atoms with E-state index in [0.29, 0.717) is 17.0 Å². The van der Waals surface area contributed by atoms with E-state index in [1.165, 1.54) is 50.5 Å². The lowest BCUT2D eigenvalue weighted by molar-refractivity contribution is -0.270. The van der Waals surface area contributed by atoms with Crippen LogP contribution in [0.2, 0.25) is 0 Å². The molecule has 5 aliphatic rings. The minimum Gasteiger partial charge on any atom is -0.461 e. The average molecular weight is 1190 g/mol. The monoisotopic (exact) mass is 1180 g/mol. The summed E-state index contributed by atoms with van der Waals surface area (Å²) >= 11 is 0. The van der Waals surface area contributed by atoms with E-state index in [0.717, 1.165) is 55.3 Å². The van der Waals surface area contributed by atoms with E-state index in [1.54, 1.807) is 129 Å². The molecule has 458 valence electrons. The summed E-state index contributed by atoms with van der Waals surface area (Å²) in [7, 11) is -3.74. The van der Waals surface area contributed by atoms with E-state index in [9.17, 15) is 28.5 Å². The maximum Gasteiger partial charge on any atom is 0.338 e. The zero-order chi connectivity index (χ0) is 60.3. The Bertz CT molecular complexity index is 2970. The number of hydrogen-bond acceptors (Lipinski definition) is 13. The van der Waals surface area contributed by atoms with Crippen molar-refractivity contribution in [2.24, 2.45) is 46.3 Å². The third kappa shape index (κ3) is 15.4. The molecule has 1 saturated heterocycles. The van der Waals surface area contributed by atoms with E-state index in [4.69, 9.17) is 32.7 Å². The highest BCUT2D eigenvalue weighted by atomic mass is 31.2. The molecule has 4 aromatic rings. The number of carbonyl (C=O) groups excluding carboxylic acids is 5. The van der Waals surface area contributed by atoms with Crippen LogP contribution in [0.4, 0.5) is 5.69 Å². The lowest BCUT2D eigenvalue weighted by atomic mass is 9.47.